The average Bonchev–Trinajstić information content (AvgIpc) is 3.14. The second kappa shape index (κ2) is 7.70. The zero-order valence-electron chi connectivity index (χ0n) is 14.8. The minimum Gasteiger partial charge on any atom is -0.377 e. The lowest BCUT2D eigenvalue weighted by Crippen LogP contribution is -2.59. The van der Waals surface area contributed by atoms with Gasteiger partial charge in [0.2, 0.25) is 5.91 Å². The van der Waals surface area contributed by atoms with Crippen molar-refractivity contribution in [1.29, 1.82) is 0 Å². The quantitative estimate of drug-likeness (QED) is 0.312. The number of hydrogen-bond donors (Lipinski definition) is 5. The summed E-state index contributed by atoms with van der Waals surface area (Å²) in [6.45, 7) is 3.97. The Morgan fingerprint density at radius 1 is 1.54 bits per heavy atom. The third-order valence-corrected chi connectivity index (χ3v) is 6.75. The minimum atomic E-state index is -0.965. The van der Waals surface area contributed by atoms with E-state index < -0.39 is 18.3 Å². The molecule has 7 atom stereocenters. The maximum atomic E-state index is 13.6. The van der Waals surface area contributed by atoms with Crippen LogP contribution < -0.4 is 26.5 Å². The molecular formula is C16H27FN6O2S. The van der Waals surface area contributed by atoms with Gasteiger partial charge < -0.3 is 15.8 Å². The van der Waals surface area contributed by atoms with Crippen LogP contribution in [0.2, 0.25) is 0 Å². The molecule has 0 bridgehead atoms. The van der Waals surface area contributed by atoms with E-state index in [1.54, 1.807) is 17.0 Å². The fourth-order valence-corrected chi connectivity index (χ4v) is 5.52. The number of hydrazine groups is 1. The molecule has 7 unspecified atom stereocenters. The summed E-state index contributed by atoms with van der Waals surface area (Å²) in [5.74, 6) is -0.347. The second-order valence-corrected chi connectivity index (χ2v) is 8.35. The normalized spacial score (nSPS) is 43.8. The Bertz CT molecular complexity index is 581. The van der Waals surface area contributed by atoms with E-state index in [-0.39, 0.29) is 42.5 Å². The number of nitrogens with zero attached hydrogens (tertiary/aromatic N) is 1. The number of hydrogen-bond acceptors (Lipinski definition) is 8. The number of nitrogens with two attached hydrogens (primary N) is 1. The van der Waals surface area contributed by atoms with Gasteiger partial charge >= 0.3 is 0 Å². The second-order valence-electron chi connectivity index (χ2n) is 7.37. The number of carbonyl (C=O) groups is 1. The van der Waals surface area contributed by atoms with Crippen LogP contribution in [0.15, 0.2) is 11.6 Å². The Labute approximate surface area is 156 Å². The molecule has 4 aliphatic heterocycles. The lowest BCUT2D eigenvalue weighted by atomic mass is 9.89. The van der Waals surface area contributed by atoms with Crippen molar-refractivity contribution in [2.45, 2.75) is 43.3 Å². The van der Waals surface area contributed by atoms with Gasteiger partial charge in [0.15, 0.2) is 0 Å². The van der Waals surface area contributed by atoms with Crippen molar-refractivity contribution in [3.05, 3.63) is 11.6 Å². The number of fused-ring (bicyclic) bond motifs is 1. The lowest BCUT2D eigenvalue weighted by molar-refractivity contribution is -0.127. The molecule has 4 rings (SSSR count). The largest absolute Gasteiger partial charge is 0.377 e. The maximum Gasteiger partial charge on any atom is 0.230 e. The number of rotatable bonds is 3. The summed E-state index contributed by atoms with van der Waals surface area (Å²) in [6, 6.07) is 0.265. The van der Waals surface area contributed by atoms with E-state index >= 15 is 0 Å². The molecule has 3 saturated heterocycles. The van der Waals surface area contributed by atoms with Crippen molar-refractivity contribution in [2.24, 2.45) is 17.6 Å². The standard InChI is InChI=1S/C16H27FN6O2S/c1-8-11(9-2-4-25-5-3-9)16(26-22-8)20-15(24)12-13(18)21-23-7-10(17)6-19-14(12)23/h2,8,10-14,16,19,21-22H,3-7,18H2,1H3,(H,20,24). The number of amides is 1. The predicted molar refractivity (Wildman–Crippen MR) is 97.1 cm³/mol. The first-order valence-electron chi connectivity index (χ1n) is 9.18. The summed E-state index contributed by atoms with van der Waals surface area (Å²) >= 11 is 1.55. The monoisotopic (exact) mass is 386 g/mol. The molecule has 4 heterocycles. The molecule has 0 aromatic rings. The smallest absolute Gasteiger partial charge is 0.230 e. The zero-order valence-corrected chi connectivity index (χ0v) is 15.6. The Morgan fingerprint density at radius 2 is 2.38 bits per heavy atom. The highest BCUT2D eigenvalue weighted by Crippen LogP contribution is 2.36. The van der Waals surface area contributed by atoms with E-state index in [1.807, 2.05) is 0 Å². The van der Waals surface area contributed by atoms with Gasteiger partial charge in [0.05, 0.1) is 36.8 Å². The van der Waals surface area contributed by atoms with Gasteiger partial charge in [-0.15, -0.1) is 0 Å². The highest BCUT2D eigenvalue weighted by molar-refractivity contribution is 7.98. The van der Waals surface area contributed by atoms with Crippen molar-refractivity contribution in [2.75, 3.05) is 26.3 Å². The van der Waals surface area contributed by atoms with Crippen LogP contribution in [0.1, 0.15) is 13.3 Å². The Balaban J connectivity index is 1.44. The molecule has 0 aliphatic carbocycles. The van der Waals surface area contributed by atoms with Crippen LogP contribution in [0.3, 0.4) is 0 Å². The van der Waals surface area contributed by atoms with Crippen LogP contribution in [-0.4, -0.2) is 67.1 Å². The first kappa shape index (κ1) is 18.6. The molecule has 0 saturated carbocycles. The highest BCUT2D eigenvalue weighted by atomic mass is 32.2. The van der Waals surface area contributed by atoms with Gasteiger partial charge in [-0.2, -0.15) is 0 Å². The lowest BCUT2D eigenvalue weighted by Gasteiger charge is -2.34. The number of halogens is 1. The van der Waals surface area contributed by atoms with Gasteiger partial charge in [-0.1, -0.05) is 23.6 Å². The van der Waals surface area contributed by atoms with E-state index in [0.29, 0.717) is 6.61 Å². The van der Waals surface area contributed by atoms with Crippen LogP contribution in [0.25, 0.3) is 0 Å². The van der Waals surface area contributed by atoms with Gasteiger partial charge in [0.25, 0.3) is 0 Å². The molecular weight excluding hydrogens is 359 g/mol. The van der Waals surface area contributed by atoms with E-state index in [2.05, 4.69) is 33.8 Å². The molecule has 0 aromatic carbocycles. The van der Waals surface area contributed by atoms with Gasteiger partial charge in [0.1, 0.15) is 6.17 Å². The molecule has 3 fully saturated rings. The molecule has 6 N–H and O–H groups in total. The number of carbonyl (C=O) groups excluding carboxylic acids is 1. The predicted octanol–water partition coefficient (Wildman–Crippen LogP) is -0.980. The molecule has 146 valence electrons. The summed E-state index contributed by atoms with van der Waals surface area (Å²) in [6.07, 6.45) is 1.24. The number of ether oxygens (including phenoxy) is 1. The van der Waals surface area contributed by atoms with Crippen LogP contribution >= 0.6 is 11.9 Å². The van der Waals surface area contributed by atoms with Crippen molar-refractivity contribution in [3.63, 3.8) is 0 Å². The fraction of sp³-hybridized carbons (Fsp3) is 0.812. The maximum absolute atomic E-state index is 13.6. The SMILES string of the molecule is CC1NSC(NC(=O)C2C(N)NN3CC(F)CNC23)C1C1=CCOCC1. The summed E-state index contributed by atoms with van der Waals surface area (Å²) in [5.41, 5.74) is 10.5. The molecule has 4 aliphatic rings. The van der Waals surface area contributed by atoms with Crippen LogP contribution in [0.5, 0.6) is 0 Å². The van der Waals surface area contributed by atoms with Gasteiger partial charge in [-0.25, -0.2) is 14.8 Å². The Hall–Kier alpha value is -0.750. The van der Waals surface area contributed by atoms with Gasteiger partial charge in [-0.3, -0.25) is 14.8 Å². The molecule has 1 amide bonds. The minimum absolute atomic E-state index is 0.0550. The fourth-order valence-electron chi connectivity index (χ4n) is 4.28. The number of nitrogens with one attached hydrogen (secondary N) is 4. The molecule has 0 aromatic heterocycles. The van der Waals surface area contributed by atoms with Crippen LogP contribution in [0, 0.1) is 11.8 Å². The van der Waals surface area contributed by atoms with E-state index in [4.69, 9.17) is 10.5 Å². The van der Waals surface area contributed by atoms with Gasteiger partial charge in [0, 0.05) is 25.0 Å². The topological polar surface area (TPSA) is 104 Å². The summed E-state index contributed by atoms with van der Waals surface area (Å²) < 4.78 is 22.4. The van der Waals surface area contributed by atoms with E-state index in [1.165, 1.54) is 5.57 Å². The summed E-state index contributed by atoms with van der Waals surface area (Å²) in [7, 11) is 0. The van der Waals surface area contributed by atoms with Crippen molar-refractivity contribution in [1.82, 2.24) is 25.8 Å². The van der Waals surface area contributed by atoms with Crippen molar-refractivity contribution in [3.8, 4) is 0 Å². The molecule has 0 spiro atoms. The Morgan fingerprint density at radius 3 is 3.15 bits per heavy atom. The van der Waals surface area contributed by atoms with Crippen LogP contribution in [-0.2, 0) is 9.53 Å². The summed E-state index contributed by atoms with van der Waals surface area (Å²) in [4.78, 5) is 13.0. The Kier molecular flexibility index (Phi) is 5.51. The zero-order chi connectivity index (χ0) is 18.3. The molecule has 10 heteroatoms. The third-order valence-electron chi connectivity index (χ3n) is 5.58. The van der Waals surface area contributed by atoms with E-state index in [9.17, 15) is 9.18 Å². The van der Waals surface area contributed by atoms with Crippen molar-refractivity contribution >= 4 is 17.9 Å². The average molecular weight is 386 g/mol. The number of alkyl halides is 1. The molecule has 8 nitrogen and oxygen atoms in total. The third kappa shape index (κ3) is 3.51. The van der Waals surface area contributed by atoms with Gasteiger partial charge in [-0.05, 0) is 13.3 Å². The molecule has 26 heavy (non-hydrogen) atoms. The molecule has 0 radical (unpaired) electrons. The first-order chi connectivity index (χ1) is 12.5. The van der Waals surface area contributed by atoms with Crippen molar-refractivity contribution < 1.29 is 13.9 Å². The summed E-state index contributed by atoms with van der Waals surface area (Å²) in [5, 5.41) is 7.93. The highest BCUT2D eigenvalue weighted by Gasteiger charge is 2.48. The van der Waals surface area contributed by atoms with Crippen LogP contribution in [0.4, 0.5) is 4.39 Å². The first-order valence-corrected chi connectivity index (χ1v) is 10.1. The van der Waals surface area contributed by atoms with E-state index in [0.717, 1.165) is 13.0 Å².